The predicted molar refractivity (Wildman–Crippen MR) is 98.8 cm³/mol. The van der Waals surface area contributed by atoms with Crippen molar-refractivity contribution in [1.29, 1.82) is 0 Å². The van der Waals surface area contributed by atoms with Crippen LogP contribution in [0.25, 0.3) is 0 Å². The van der Waals surface area contributed by atoms with E-state index < -0.39 is 35.6 Å². The van der Waals surface area contributed by atoms with Crippen LogP contribution in [-0.2, 0) is 15.8 Å². The highest BCUT2D eigenvalue weighted by atomic mass is 32.1. The zero-order valence-electron chi connectivity index (χ0n) is 14.6. The van der Waals surface area contributed by atoms with E-state index in [-0.39, 0.29) is 17.8 Å². The van der Waals surface area contributed by atoms with Gasteiger partial charge >= 0.3 is 12.2 Å². The lowest BCUT2D eigenvalue weighted by Gasteiger charge is -2.18. The van der Waals surface area contributed by atoms with Crippen LogP contribution >= 0.6 is 11.3 Å². The fraction of sp³-hybridized carbons (Fsp3) is 0.235. The summed E-state index contributed by atoms with van der Waals surface area (Å²) in [4.78, 5) is 35.5. The first kappa shape index (κ1) is 21.2. The van der Waals surface area contributed by atoms with Crippen molar-refractivity contribution in [2.45, 2.75) is 25.6 Å². The van der Waals surface area contributed by atoms with E-state index in [0.717, 1.165) is 18.2 Å². The molecular formula is C17H17F3N4O3S. The molecule has 0 saturated heterocycles. The van der Waals surface area contributed by atoms with Crippen LogP contribution in [0.2, 0.25) is 0 Å². The lowest BCUT2D eigenvalue weighted by atomic mass is 10.1. The van der Waals surface area contributed by atoms with Crippen LogP contribution in [0.5, 0.6) is 0 Å². The van der Waals surface area contributed by atoms with E-state index in [1.807, 2.05) is 0 Å². The fourth-order valence-electron chi connectivity index (χ4n) is 2.39. The number of primary amides is 1. The van der Waals surface area contributed by atoms with Crippen LogP contribution in [0.3, 0.4) is 0 Å². The first-order valence-corrected chi connectivity index (χ1v) is 8.82. The molecule has 1 heterocycles. The van der Waals surface area contributed by atoms with Gasteiger partial charge < -0.3 is 21.7 Å². The summed E-state index contributed by atoms with van der Waals surface area (Å²) in [6.07, 6.45) is -4.89. The Kier molecular flexibility index (Phi) is 6.62. The van der Waals surface area contributed by atoms with Crippen molar-refractivity contribution in [3.05, 3.63) is 46.2 Å². The average Bonchev–Trinajstić information content (AvgIpc) is 3.08. The Hall–Kier alpha value is -3.08. The molecule has 0 radical (unpaired) electrons. The second-order valence-electron chi connectivity index (χ2n) is 5.77. The van der Waals surface area contributed by atoms with Crippen molar-refractivity contribution in [3.8, 4) is 0 Å². The second-order valence-corrected chi connectivity index (χ2v) is 6.75. The molecule has 11 heteroatoms. The number of alkyl halides is 3. The van der Waals surface area contributed by atoms with Crippen molar-refractivity contribution >= 4 is 40.6 Å². The van der Waals surface area contributed by atoms with Crippen molar-refractivity contribution in [3.63, 3.8) is 0 Å². The van der Waals surface area contributed by atoms with E-state index >= 15 is 0 Å². The van der Waals surface area contributed by atoms with E-state index in [1.54, 1.807) is 17.5 Å². The highest BCUT2D eigenvalue weighted by Gasteiger charge is 2.31. The number of carbonyl (C=O) groups excluding carboxylic acids is 3. The number of thiophene rings is 1. The molecule has 0 aliphatic carbocycles. The summed E-state index contributed by atoms with van der Waals surface area (Å²) >= 11 is 1.28. The van der Waals surface area contributed by atoms with Crippen molar-refractivity contribution in [2.24, 2.45) is 5.73 Å². The molecular weight excluding hydrogens is 397 g/mol. The number of nitrogens with two attached hydrogens (primary N) is 1. The molecule has 2 rings (SSSR count). The molecule has 1 atom stereocenters. The van der Waals surface area contributed by atoms with Crippen LogP contribution in [-0.4, -0.2) is 17.8 Å². The molecule has 28 heavy (non-hydrogen) atoms. The number of rotatable bonds is 6. The summed E-state index contributed by atoms with van der Waals surface area (Å²) in [6, 6.07) is 4.39. The Labute approximate surface area is 162 Å². The van der Waals surface area contributed by atoms with Gasteiger partial charge in [-0.15, -0.1) is 11.3 Å². The predicted octanol–water partition coefficient (Wildman–Crippen LogP) is 3.46. The number of urea groups is 1. The lowest BCUT2D eigenvalue weighted by Crippen LogP contribution is -2.35. The van der Waals surface area contributed by atoms with Crippen LogP contribution < -0.4 is 21.7 Å². The van der Waals surface area contributed by atoms with Gasteiger partial charge in [0.05, 0.1) is 29.4 Å². The number of halogens is 3. The van der Waals surface area contributed by atoms with E-state index in [0.29, 0.717) is 4.88 Å². The van der Waals surface area contributed by atoms with Gasteiger partial charge in [-0.05, 0) is 29.6 Å². The smallest absolute Gasteiger partial charge is 0.352 e. The first-order valence-electron chi connectivity index (χ1n) is 7.94. The minimum Gasteiger partial charge on any atom is -0.352 e. The minimum atomic E-state index is -4.62. The number of benzene rings is 1. The summed E-state index contributed by atoms with van der Waals surface area (Å²) in [5.41, 5.74) is 3.95. The molecule has 150 valence electrons. The Balaban J connectivity index is 2.24. The zero-order chi connectivity index (χ0) is 20.9. The van der Waals surface area contributed by atoms with E-state index in [1.165, 1.54) is 18.3 Å². The van der Waals surface area contributed by atoms with Crippen molar-refractivity contribution < 1.29 is 27.6 Å². The third kappa shape index (κ3) is 5.98. The molecule has 0 bridgehead atoms. The number of anilines is 2. The molecule has 7 nitrogen and oxygen atoms in total. The average molecular weight is 414 g/mol. The molecule has 0 aliphatic heterocycles. The summed E-state index contributed by atoms with van der Waals surface area (Å²) in [5, 5.41) is 8.88. The largest absolute Gasteiger partial charge is 0.416 e. The van der Waals surface area contributed by atoms with Gasteiger partial charge in [0.25, 0.3) is 0 Å². The van der Waals surface area contributed by atoms with E-state index in [4.69, 9.17) is 5.73 Å². The highest BCUT2D eigenvalue weighted by Crippen LogP contribution is 2.34. The SMILES string of the molecule is CC(=O)Nc1ccc(C(F)(F)F)cc1NC(=O)CC(NC(N)=O)c1cccs1. The maximum absolute atomic E-state index is 13.0. The molecule has 1 aromatic heterocycles. The fourth-order valence-corrected chi connectivity index (χ4v) is 3.17. The quantitative estimate of drug-likeness (QED) is 0.580. The molecule has 0 spiro atoms. The summed E-state index contributed by atoms with van der Waals surface area (Å²) in [6.45, 7) is 1.19. The Morgan fingerprint density at radius 2 is 1.86 bits per heavy atom. The summed E-state index contributed by atoms with van der Waals surface area (Å²) in [7, 11) is 0. The minimum absolute atomic E-state index is 0.0179. The Morgan fingerprint density at radius 3 is 2.39 bits per heavy atom. The monoisotopic (exact) mass is 414 g/mol. The third-order valence-electron chi connectivity index (χ3n) is 3.52. The second kappa shape index (κ2) is 8.74. The topological polar surface area (TPSA) is 113 Å². The van der Waals surface area contributed by atoms with Gasteiger partial charge in [-0.3, -0.25) is 9.59 Å². The molecule has 0 aliphatic rings. The van der Waals surface area contributed by atoms with Gasteiger partial charge in [-0.25, -0.2) is 4.79 Å². The summed E-state index contributed by atoms with van der Waals surface area (Å²) in [5.74, 6) is -1.18. The summed E-state index contributed by atoms with van der Waals surface area (Å²) < 4.78 is 38.9. The third-order valence-corrected chi connectivity index (χ3v) is 4.51. The van der Waals surface area contributed by atoms with Crippen LogP contribution in [0, 0.1) is 0 Å². The van der Waals surface area contributed by atoms with Gasteiger partial charge in [-0.1, -0.05) is 6.07 Å². The van der Waals surface area contributed by atoms with Gasteiger partial charge in [0.2, 0.25) is 11.8 Å². The number of hydrogen-bond acceptors (Lipinski definition) is 4. The van der Waals surface area contributed by atoms with Gasteiger partial charge in [0.15, 0.2) is 0 Å². The number of carbonyl (C=O) groups is 3. The molecule has 4 amide bonds. The van der Waals surface area contributed by atoms with Gasteiger partial charge in [-0.2, -0.15) is 13.2 Å². The standard InChI is InChI=1S/C17H17F3N4O3S/c1-9(25)22-11-5-4-10(17(18,19)20)7-12(11)23-15(26)8-13(24-16(21)27)14-3-2-6-28-14/h2-7,13H,8H2,1H3,(H,22,25)(H,23,26)(H3,21,24,27). The molecule has 5 N–H and O–H groups in total. The maximum atomic E-state index is 13.0. The number of nitrogens with one attached hydrogen (secondary N) is 3. The lowest BCUT2D eigenvalue weighted by molar-refractivity contribution is -0.137. The molecule has 0 saturated carbocycles. The number of amides is 4. The maximum Gasteiger partial charge on any atom is 0.416 e. The highest BCUT2D eigenvalue weighted by molar-refractivity contribution is 7.10. The number of hydrogen-bond donors (Lipinski definition) is 4. The molecule has 0 fully saturated rings. The van der Waals surface area contributed by atoms with Crippen LogP contribution in [0.15, 0.2) is 35.7 Å². The van der Waals surface area contributed by atoms with Gasteiger partial charge in [0, 0.05) is 11.8 Å². The molecule has 2 aromatic rings. The van der Waals surface area contributed by atoms with Crippen molar-refractivity contribution in [2.75, 3.05) is 10.6 Å². The van der Waals surface area contributed by atoms with Crippen LogP contribution in [0.1, 0.15) is 29.8 Å². The van der Waals surface area contributed by atoms with E-state index in [2.05, 4.69) is 16.0 Å². The zero-order valence-corrected chi connectivity index (χ0v) is 15.4. The molecule has 1 aromatic carbocycles. The molecule has 1 unspecified atom stereocenters. The van der Waals surface area contributed by atoms with E-state index in [9.17, 15) is 27.6 Å². The van der Waals surface area contributed by atoms with Gasteiger partial charge in [0.1, 0.15) is 0 Å². The first-order chi connectivity index (χ1) is 13.1. The van der Waals surface area contributed by atoms with Crippen LogP contribution in [0.4, 0.5) is 29.3 Å². The Bertz CT molecular complexity index is 869. The van der Waals surface area contributed by atoms with Crippen molar-refractivity contribution in [1.82, 2.24) is 5.32 Å². The normalized spacial score (nSPS) is 12.1. The Morgan fingerprint density at radius 1 is 1.14 bits per heavy atom.